The van der Waals surface area contributed by atoms with Crippen molar-refractivity contribution in [2.45, 2.75) is 0 Å². The van der Waals surface area contributed by atoms with Crippen molar-refractivity contribution in [1.82, 2.24) is 5.43 Å². The Balaban J connectivity index is 1.68. The summed E-state index contributed by atoms with van der Waals surface area (Å²) < 4.78 is 5.73. The topological polar surface area (TPSA) is 36.9 Å². The number of hydrogen-bond acceptors (Lipinski definition) is 4. The molecular formula is C15H14ClN3O. The Kier molecular flexibility index (Phi) is 3.74. The second-order valence-electron chi connectivity index (χ2n) is 4.35. The lowest BCUT2D eigenvalue weighted by molar-refractivity contribution is 0.375. The van der Waals surface area contributed by atoms with Crippen LogP contribution in [-0.4, -0.2) is 19.1 Å². The number of hydrazone groups is 1. The summed E-state index contributed by atoms with van der Waals surface area (Å²) in [7, 11) is 0. The number of anilines is 1. The largest absolute Gasteiger partial charge is 0.486 e. The minimum Gasteiger partial charge on any atom is -0.486 e. The van der Waals surface area contributed by atoms with Crippen LogP contribution < -0.4 is 15.1 Å². The summed E-state index contributed by atoms with van der Waals surface area (Å²) in [5, 5.41) is 4.93. The number of rotatable bonds is 4. The molecular weight excluding hydrogens is 274 g/mol. The van der Waals surface area contributed by atoms with Gasteiger partial charge >= 0.3 is 0 Å². The Hall–Kier alpha value is -2.20. The highest BCUT2D eigenvalue weighted by atomic mass is 35.5. The van der Waals surface area contributed by atoms with Crippen LogP contribution in [0, 0.1) is 0 Å². The van der Waals surface area contributed by atoms with Crippen molar-refractivity contribution in [3.8, 4) is 5.75 Å². The number of amidine groups is 1. The van der Waals surface area contributed by atoms with Gasteiger partial charge in [0.05, 0.1) is 0 Å². The summed E-state index contributed by atoms with van der Waals surface area (Å²) in [6.07, 6.45) is 0. The standard InChI is InChI=1S/C15H14ClN3O/c16-12-5-4-8-14(9-12)20-10-15-18-17-11-19(15)13-6-2-1-3-7-13/h1-9,17H,10-11H2. The molecule has 2 aromatic carbocycles. The molecule has 0 unspecified atom stereocenters. The first-order chi connectivity index (χ1) is 9.83. The van der Waals surface area contributed by atoms with Gasteiger partial charge in [-0.1, -0.05) is 35.9 Å². The highest BCUT2D eigenvalue weighted by Crippen LogP contribution is 2.19. The molecule has 1 N–H and O–H groups in total. The van der Waals surface area contributed by atoms with Crippen LogP contribution in [0.5, 0.6) is 5.75 Å². The third-order valence-corrected chi connectivity index (χ3v) is 3.22. The van der Waals surface area contributed by atoms with Gasteiger partial charge in [0.15, 0.2) is 5.84 Å². The van der Waals surface area contributed by atoms with Crippen molar-refractivity contribution in [2.75, 3.05) is 18.2 Å². The Morgan fingerprint density at radius 3 is 2.80 bits per heavy atom. The molecule has 3 rings (SSSR count). The fourth-order valence-corrected chi connectivity index (χ4v) is 2.19. The van der Waals surface area contributed by atoms with Crippen molar-refractivity contribution in [3.05, 3.63) is 59.6 Å². The zero-order chi connectivity index (χ0) is 13.8. The van der Waals surface area contributed by atoms with E-state index in [0.717, 1.165) is 17.3 Å². The van der Waals surface area contributed by atoms with Gasteiger partial charge in [0.2, 0.25) is 0 Å². The predicted octanol–water partition coefficient (Wildman–Crippen LogP) is 3.10. The lowest BCUT2D eigenvalue weighted by atomic mass is 10.3. The average Bonchev–Trinajstić information content (AvgIpc) is 2.95. The van der Waals surface area contributed by atoms with E-state index >= 15 is 0 Å². The number of ether oxygens (including phenoxy) is 1. The highest BCUT2D eigenvalue weighted by molar-refractivity contribution is 6.30. The fourth-order valence-electron chi connectivity index (χ4n) is 2.01. The molecule has 20 heavy (non-hydrogen) atoms. The van der Waals surface area contributed by atoms with Crippen LogP contribution in [0.4, 0.5) is 5.69 Å². The second kappa shape index (κ2) is 5.84. The van der Waals surface area contributed by atoms with Crippen LogP contribution in [-0.2, 0) is 0 Å². The minimum absolute atomic E-state index is 0.391. The first kappa shape index (κ1) is 12.8. The Morgan fingerprint density at radius 2 is 2.00 bits per heavy atom. The molecule has 1 aliphatic heterocycles. The highest BCUT2D eigenvalue weighted by Gasteiger charge is 2.18. The van der Waals surface area contributed by atoms with Gasteiger partial charge in [-0.3, -0.25) is 5.43 Å². The Morgan fingerprint density at radius 1 is 1.15 bits per heavy atom. The number of para-hydroxylation sites is 1. The molecule has 0 aliphatic carbocycles. The molecule has 0 saturated heterocycles. The summed E-state index contributed by atoms with van der Waals surface area (Å²) in [4.78, 5) is 2.07. The van der Waals surface area contributed by atoms with Gasteiger partial charge in [-0.05, 0) is 30.3 Å². The molecule has 0 spiro atoms. The quantitative estimate of drug-likeness (QED) is 0.939. The SMILES string of the molecule is Clc1cccc(OCC2=NNCN2c2ccccc2)c1. The zero-order valence-electron chi connectivity index (χ0n) is 10.8. The zero-order valence-corrected chi connectivity index (χ0v) is 11.5. The van der Waals surface area contributed by atoms with Crippen molar-refractivity contribution in [2.24, 2.45) is 5.10 Å². The summed E-state index contributed by atoms with van der Waals surface area (Å²) in [5.41, 5.74) is 4.07. The van der Waals surface area contributed by atoms with Crippen LogP contribution in [0.3, 0.4) is 0 Å². The Labute approximate surface area is 122 Å². The summed E-state index contributed by atoms with van der Waals surface area (Å²) in [5.74, 6) is 1.58. The predicted molar refractivity (Wildman–Crippen MR) is 81.3 cm³/mol. The molecule has 1 aliphatic rings. The third-order valence-electron chi connectivity index (χ3n) is 2.98. The van der Waals surface area contributed by atoms with Crippen LogP contribution in [0.15, 0.2) is 59.7 Å². The maximum atomic E-state index is 5.93. The second-order valence-corrected chi connectivity index (χ2v) is 4.79. The van der Waals surface area contributed by atoms with Gasteiger partial charge < -0.3 is 9.64 Å². The molecule has 102 valence electrons. The molecule has 0 atom stereocenters. The van der Waals surface area contributed by atoms with E-state index in [1.807, 2.05) is 48.5 Å². The molecule has 0 saturated carbocycles. The maximum absolute atomic E-state index is 5.93. The van der Waals surface area contributed by atoms with Crippen LogP contribution in [0.1, 0.15) is 0 Å². The summed E-state index contributed by atoms with van der Waals surface area (Å²) in [6.45, 7) is 1.04. The first-order valence-corrected chi connectivity index (χ1v) is 6.71. The van der Waals surface area contributed by atoms with E-state index < -0.39 is 0 Å². The molecule has 0 bridgehead atoms. The fraction of sp³-hybridized carbons (Fsp3) is 0.133. The first-order valence-electron chi connectivity index (χ1n) is 6.33. The van der Waals surface area contributed by atoms with Gasteiger partial charge in [-0.25, -0.2) is 0 Å². The van der Waals surface area contributed by atoms with Crippen molar-refractivity contribution in [3.63, 3.8) is 0 Å². The van der Waals surface area contributed by atoms with E-state index in [2.05, 4.69) is 15.4 Å². The van der Waals surface area contributed by atoms with Gasteiger partial charge in [-0.15, -0.1) is 0 Å². The minimum atomic E-state index is 0.391. The molecule has 0 amide bonds. The molecule has 2 aromatic rings. The van der Waals surface area contributed by atoms with Crippen molar-refractivity contribution < 1.29 is 4.74 Å². The van der Waals surface area contributed by atoms with E-state index in [9.17, 15) is 0 Å². The molecule has 1 heterocycles. The Bertz CT molecular complexity index is 616. The van der Waals surface area contributed by atoms with Gasteiger partial charge in [0.1, 0.15) is 19.0 Å². The normalized spacial score (nSPS) is 13.8. The molecule has 0 fully saturated rings. The molecule has 0 radical (unpaired) electrons. The molecule has 5 heteroatoms. The number of nitrogens with one attached hydrogen (secondary N) is 1. The van der Waals surface area contributed by atoms with E-state index in [1.54, 1.807) is 6.07 Å². The molecule has 4 nitrogen and oxygen atoms in total. The summed E-state index contributed by atoms with van der Waals surface area (Å²) >= 11 is 5.93. The van der Waals surface area contributed by atoms with E-state index in [-0.39, 0.29) is 0 Å². The van der Waals surface area contributed by atoms with E-state index in [0.29, 0.717) is 18.3 Å². The van der Waals surface area contributed by atoms with Crippen molar-refractivity contribution in [1.29, 1.82) is 0 Å². The lowest BCUT2D eigenvalue weighted by Crippen LogP contribution is -2.32. The van der Waals surface area contributed by atoms with Gasteiger partial charge in [0, 0.05) is 10.7 Å². The summed E-state index contributed by atoms with van der Waals surface area (Å²) in [6, 6.07) is 17.4. The number of nitrogens with zero attached hydrogens (tertiary/aromatic N) is 2. The smallest absolute Gasteiger partial charge is 0.168 e. The van der Waals surface area contributed by atoms with Crippen LogP contribution in [0.25, 0.3) is 0 Å². The van der Waals surface area contributed by atoms with Crippen molar-refractivity contribution >= 4 is 23.1 Å². The van der Waals surface area contributed by atoms with E-state index in [1.165, 1.54) is 0 Å². The molecule has 0 aromatic heterocycles. The maximum Gasteiger partial charge on any atom is 0.168 e. The van der Waals surface area contributed by atoms with Crippen LogP contribution >= 0.6 is 11.6 Å². The number of benzene rings is 2. The van der Waals surface area contributed by atoms with Gasteiger partial charge in [-0.2, -0.15) is 5.10 Å². The monoisotopic (exact) mass is 287 g/mol. The number of halogens is 1. The average molecular weight is 288 g/mol. The van der Waals surface area contributed by atoms with E-state index in [4.69, 9.17) is 16.3 Å². The number of hydrogen-bond donors (Lipinski definition) is 1. The van der Waals surface area contributed by atoms with Gasteiger partial charge in [0.25, 0.3) is 0 Å². The van der Waals surface area contributed by atoms with Crippen LogP contribution in [0.2, 0.25) is 5.02 Å². The lowest BCUT2D eigenvalue weighted by Gasteiger charge is -2.19. The third kappa shape index (κ3) is 2.86.